The minimum Gasteiger partial charge on any atom is -0.396 e. The summed E-state index contributed by atoms with van der Waals surface area (Å²) in [6.07, 6.45) is 0.473. The minimum absolute atomic E-state index is 0.0160. The lowest BCUT2D eigenvalue weighted by Crippen LogP contribution is -2.51. The van der Waals surface area contributed by atoms with Crippen molar-refractivity contribution in [3.63, 3.8) is 0 Å². The quantitative estimate of drug-likeness (QED) is 0.373. The van der Waals surface area contributed by atoms with Gasteiger partial charge in [-0.3, -0.25) is 9.59 Å². The molecule has 3 N–H and O–H groups in total. The lowest BCUT2D eigenvalue weighted by molar-refractivity contribution is -0.146. The van der Waals surface area contributed by atoms with E-state index in [0.29, 0.717) is 26.1 Å². The summed E-state index contributed by atoms with van der Waals surface area (Å²) in [4.78, 5) is 24.4. The Morgan fingerprint density at radius 1 is 1.33 bits per heavy atom. The van der Waals surface area contributed by atoms with Crippen molar-refractivity contribution >= 4 is 11.8 Å². The highest BCUT2D eigenvalue weighted by molar-refractivity contribution is 6.35. The maximum atomic E-state index is 11.5. The summed E-state index contributed by atoms with van der Waals surface area (Å²) in [6.45, 7) is 2.97. The van der Waals surface area contributed by atoms with Gasteiger partial charge in [0.2, 0.25) is 0 Å². The van der Waals surface area contributed by atoms with Crippen LogP contribution in [0.5, 0.6) is 0 Å². The van der Waals surface area contributed by atoms with E-state index < -0.39 is 11.8 Å². The van der Waals surface area contributed by atoms with E-state index in [9.17, 15) is 9.59 Å². The van der Waals surface area contributed by atoms with Gasteiger partial charge in [0.05, 0.1) is 0 Å². The van der Waals surface area contributed by atoms with Crippen LogP contribution < -0.4 is 10.6 Å². The molecule has 1 saturated heterocycles. The third-order valence-corrected chi connectivity index (χ3v) is 2.22. The highest BCUT2D eigenvalue weighted by Gasteiger charge is 2.22. The summed E-state index contributed by atoms with van der Waals surface area (Å²) < 4.78 is 0. The van der Waals surface area contributed by atoms with E-state index in [1.165, 1.54) is 4.90 Å². The predicted octanol–water partition coefficient (Wildman–Crippen LogP) is -2.08. The average Bonchev–Trinajstić information content (AvgIpc) is 2.29. The van der Waals surface area contributed by atoms with E-state index in [4.69, 9.17) is 5.11 Å². The van der Waals surface area contributed by atoms with Crippen LogP contribution in [0.2, 0.25) is 0 Å². The van der Waals surface area contributed by atoms with Gasteiger partial charge in [-0.15, -0.1) is 0 Å². The van der Waals surface area contributed by atoms with E-state index in [1.54, 1.807) is 0 Å². The molecule has 0 aliphatic carbocycles. The Bertz CT molecular complexity index is 227. The van der Waals surface area contributed by atoms with Gasteiger partial charge in [0.15, 0.2) is 0 Å². The molecule has 6 nitrogen and oxygen atoms in total. The van der Waals surface area contributed by atoms with Crippen LogP contribution in [-0.2, 0) is 9.59 Å². The van der Waals surface area contributed by atoms with Gasteiger partial charge in [-0.25, -0.2) is 0 Å². The number of amides is 2. The lowest BCUT2D eigenvalue weighted by atomic mass is 10.3. The van der Waals surface area contributed by atoms with Crippen LogP contribution in [0.15, 0.2) is 0 Å². The molecule has 1 heterocycles. The number of hydrogen-bond acceptors (Lipinski definition) is 4. The number of nitrogens with one attached hydrogen (secondary N) is 2. The zero-order chi connectivity index (χ0) is 11.1. The fourth-order valence-corrected chi connectivity index (χ4v) is 1.37. The van der Waals surface area contributed by atoms with Crippen molar-refractivity contribution in [2.45, 2.75) is 6.42 Å². The Labute approximate surface area is 88.6 Å². The van der Waals surface area contributed by atoms with Crippen molar-refractivity contribution in [3.05, 3.63) is 0 Å². The summed E-state index contributed by atoms with van der Waals surface area (Å²) in [6, 6.07) is 0. The average molecular weight is 215 g/mol. The smallest absolute Gasteiger partial charge is 0.311 e. The van der Waals surface area contributed by atoms with Crippen molar-refractivity contribution in [2.75, 3.05) is 39.3 Å². The number of aliphatic hydroxyl groups excluding tert-OH is 1. The molecule has 0 radical (unpaired) electrons. The molecule has 0 aromatic carbocycles. The minimum atomic E-state index is -0.578. The SMILES string of the molecule is O=C(NCCCO)C(=O)N1CCNCC1. The second-order valence-electron chi connectivity index (χ2n) is 3.38. The van der Waals surface area contributed by atoms with Crippen molar-refractivity contribution in [1.82, 2.24) is 15.5 Å². The fraction of sp³-hybridized carbons (Fsp3) is 0.778. The summed E-state index contributed by atoms with van der Waals surface area (Å²) in [5.74, 6) is -1.06. The first kappa shape index (κ1) is 11.9. The number of piperazine rings is 1. The lowest BCUT2D eigenvalue weighted by Gasteiger charge is -2.26. The van der Waals surface area contributed by atoms with Crippen LogP contribution in [-0.4, -0.2) is 61.2 Å². The molecule has 0 aromatic rings. The van der Waals surface area contributed by atoms with Crippen molar-refractivity contribution in [3.8, 4) is 0 Å². The van der Waals surface area contributed by atoms with Crippen molar-refractivity contribution < 1.29 is 14.7 Å². The first-order valence-electron chi connectivity index (χ1n) is 5.14. The number of rotatable bonds is 3. The molecule has 0 aromatic heterocycles. The molecule has 6 heteroatoms. The van der Waals surface area contributed by atoms with Gasteiger partial charge >= 0.3 is 11.8 Å². The summed E-state index contributed by atoms with van der Waals surface area (Å²) in [7, 11) is 0. The zero-order valence-electron chi connectivity index (χ0n) is 8.66. The van der Waals surface area contributed by atoms with Gasteiger partial charge in [0.1, 0.15) is 0 Å². The Morgan fingerprint density at radius 2 is 2.00 bits per heavy atom. The third kappa shape index (κ3) is 3.85. The molecule has 1 aliphatic heterocycles. The molecular formula is C9H17N3O3. The third-order valence-electron chi connectivity index (χ3n) is 2.22. The second-order valence-corrected chi connectivity index (χ2v) is 3.38. The molecule has 1 fully saturated rings. The Hall–Kier alpha value is -1.14. The first-order chi connectivity index (χ1) is 7.25. The standard InChI is InChI=1S/C9H17N3O3/c13-7-1-2-11-8(14)9(15)12-5-3-10-4-6-12/h10,13H,1-7H2,(H,11,14). The molecule has 0 atom stereocenters. The highest BCUT2D eigenvalue weighted by atomic mass is 16.3. The van der Waals surface area contributed by atoms with Crippen LogP contribution in [0.25, 0.3) is 0 Å². The van der Waals surface area contributed by atoms with Crippen molar-refractivity contribution in [2.24, 2.45) is 0 Å². The summed E-state index contributed by atoms with van der Waals surface area (Å²) in [5, 5.41) is 14.1. The molecule has 0 unspecified atom stereocenters. The summed E-state index contributed by atoms with van der Waals surface area (Å²) >= 11 is 0. The maximum Gasteiger partial charge on any atom is 0.311 e. The molecule has 0 spiro atoms. The molecule has 2 amide bonds. The van der Waals surface area contributed by atoms with Gasteiger partial charge in [-0.05, 0) is 6.42 Å². The number of nitrogens with zero attached hydrogens (tertiary/aromatic N) is 1. The van der Waals surface area contributed by atoms with E-state index in [-0.39, 0.29) is 6.61 Å². The van der Waals surface area contributed by atoms with E-state index in [0.717, 1.165) is 13.1 Å². The van der Waals surface area contributed by atoms with Crippen LogP contribution in [0, 0.1) is 0 Å². The van der Waals surface area contributed by atoms with E-state index in [1.807, 2.05) is 0 Å². The fourth-order valence-electron chi connectivity index (χ4n) is 1.37. The molecule has 15 heavy (non-hydrogen) atoms. The van der Waals surface area contributed by atoms with Gasteiger partial charge in [0.25, 0.3) is 0 Å². The van der Waals surface area contributed by atoms with Crippen LogP contribution in [0.4, 0.5) is 0 Å². The second kappa shape index (κ2) is 6.36. The molecule has 1 aliphatic rings. The number of aliphatic hydroxyl groups is 1. The van der Waals surface area contributed by atoms with E-state index in [2.05, 4.69) is 10.6 Å². The number of carbonyl (C=O) groups is 2. The predicted molar refractivity (Wildman–Crippen MR) is 54.2 cm³/mol. The van der Waals surface area contributed by atoms with Gasteiger partial charge in [-0.2, -0.15) is 0 Å². The maximum absolute atomic E-state index is 11.5. The van der Waals surface area contributed by atoms with Crippen molar-refractivity contribution in [1.29, 1.82) is 0 Å². The van der Waals surface area contributed by atoms with Crippen LogP contribution >= 0.6 is 0 Å². The largest absolute Gasteiger partial charge is 0.396 e. The molecule has 0 bridgehead atoms. The summed E-state index contributed by atoms with van der Waals surface area (Å²) in [5.41, 5.74) is 0. The van der Waals surface area contributed by atoms with Gasteiger partial charge in [0, 0.05) is 39.3 Å². The normalized spacial score (nSPS) is 16.2. The monoisotopic (exact) mass is 215 g/mol. The molecule has 86 valence electrons. The first-order valence-corrected chi connectivity index (χ1v) is 5.14. The topological polar surface area (TPSA) is 81.7 Å². The van der Waals surface area contributed by atoms with Gasteiger partial charge < -0.3 is 20.6 Å². The Morgan fingerprint density at radius 3 is 2.60 bits per heavy atom. The number of carbonyl (C=O) groups excluding carboxylic acids is 2. The van der Waals surface area contributed by atoms with Gasteiger partial charge in [-0.1, -0.05) is 0 Å². The molecular weight excluding hydrogens is 198 g/mol. The number of hydrogen-bond donors (Lipinski definition) is 3. The van der Waals surface area contributed by atoms with Crippen LogP contribution in [0.1, 0.15) is 6.42 Å². The highest BCUT2D eigenvalue weighted by Crippen LogP contribution is 1.93. The molecule has 1 rings (SSSR count). The Kier molecular flexibility index (Phi) is 5.06. The zero-order valence-corrected chi connectivity index (χ0v) is 8.66. The Balaban J connectivity index is 2.28. The van der Waals surface area contributed by atoms with Crippen LogP contribution in [0.3, 0.4) is 0 Å². The molecule has 0 saturated carbocycles. The van der Waals surface area contributed by atoms with E-state index >= 15 is 0 Å².